The van der Waals surface area contributed by atoms with Crippen LogP contribution in [0, 0.1) is 23.5 Å². The van der Waals surface area contributed by atoms with Crippen molar-refractivity contribution in [2.24, 2.45) is 0 Å². The van der Waals surface area contributed by atoms with Gasteiger partial charge in [0.1, 0.15) is 5.58 Å². The zero-order valence-electron chi connectivity index (χ0n) is 24.5. The van der Waals surface area contributed by atoms with E-state index in [0.29, 0.717) is 11.1 Å². The van der Waals surface area contributed by atoms with Gasteiger partial charge < -0.3 is 14.4 Å². The number of benzene rings is 5. The zero-order chi connectivity index (χ0) is 30.4. The maximum Gasteiger partial charge on any atom is 0.130 e. The summed E-state index contributed by atoms with van der Waals surface area (Å²) in [6.07, 6.45) is 3.55. The molecule has 0 aliphatic heterocycles. The van der Waals surface area contributed by atoms with Gasteiger partial charge in [-0.25, -0.2) is 0 Å². The van der Waals surface area contributed by atoms with Gasteiger partial charge in [0.25, 0.3) is 0 Å². The van der Waals surface area contributed by atoms with E-state index < -0.39 is 0 Å². The molecule has 4 nitrogen and oxygen atoms in total. The van der Waals surface area contributed by atoms with Gasteiger partial charge in [-0.1, -0.05) is 89.8 Å². The molecule has 46 heavy (non-hydrogen) atoms. The van der Waals surface area contributed by atoms with Crippen molar-refractivity contribution < 1.29 is 24.5 Å². The SMILES string of the molecule is N#Cc1ccc2c(oc3c(-c4ccccn4)[c-]ccc32)c1-c1cccc(-c2ccccc2)c1.[Ir].[c-]1ccccc1-c1ccccn1. The van der Waals surface area contributed by atoms with Gasteiger partial charge in [-0.3, -0.25) is 0 Å². The molecule has 0 aliphatic carbocycles. The molecule has 0 spiro atoms. The van der Waals surface area contributed by atoms with E-state index in [2.05, 4.69) is 52.4 Å². The third-order valence-electron chi connectivity index (χ3n) is 7.55. The number of nitrogens with zero attached hydrogens (tertiary/aromatic N) is 3. The number of hydrogen-bond donors (Lipinski definition) is 0. The summed E-state index contributed by atoms with van der Waals surface area (Å²) in [5.41, 5.74) is 9.59. The number of rotatable bonds is 4. The Morgan fingerprint density at radius 2 is 1.26 bits per heavy atom. The number of pyridine rings is 2. The average molecular weight is 768 g/mol. The Balaban J connectivity index is 0.000000241. The molecule has 0 N–H and O–H groups in total. The minimum absolute atomic E-state index is 0. The Morgan fingerprint density at radius 1 is 0.565 bits per heavy atom. The largest absolute Gasteiger partial charge is 0.500 e. The number of nitriles is 1. The summed E-state index contributed by atoms with van der Waals surface area (Å²) in [7, 11) is 0. The molecule has 8 rings (SSSR count). The molecular weight excluding hydrogens is 743 g/mol. The Bertz CT molecular complexity index is 2220. The topological polar surface area (TPSA) is 62.7 Å². The van der Waals surface area contributed by atoms with E-state index in [-0.39, 0.29) is 20.1 Å². The molecule has 0 atom stereocenters. The molecule has 0 bridgehead atoms. The Labute approximate surface area is 281 Å². The molecule has 3 heterocycles. The molecule has 0 amide bonds. The molecule has 0 unspecified atom stereocenters. The number of aromatic nitrogens is 2. The molecule has 0 saturated carbocycles. The third kappa shape index (κ3) is 6.14. The van der Waals surface area contributed by atoms with Crippen molar-refractivity contribution in [2.45, 2.75) is 0 Å². The van der Waals surface area contributed by atoms with Crippen molar-refractivity contribution in [1.29, 1.82) is 5.26 Å². The van der Waals surface area contributed by atoms with Crippen molar-refractivity contribution in [3.8, 4) is 50.8 Å². The van der Waals surface area contributed by atoms with Gasteiger partial charge in [-0.15, -0.1) is 54.1 Å². The fourth-order valence-corrected chi connectivity index (χ4v) is 5.45. The summed E-state index contributed by atoms with van der Waals surface area (Å²) in [6.45, 7) is 0. The van der Waals surface area contributed by atoms with Crippen LogP contribution in [0.15, 0.2) is 156 Å². The molecule has 221 valence electrons. The van der Waals surface area contributed by atoms with Crippen LogP contribution in [0.1, 0.15) is 5.56 Å². The predicted molar refractivity (Wildman–Crippen MR) is 180 cm³/mol. The van der Waals surface area contributed by atoms with Crippen LogP contribution >= 0.6 is 0 Å². The van der Waals surface area contributed by atoms with E-state index in [0.717, 1.165) is 61.1 Å². The molecule has 5 heteroatoms. The van der Waals surface area contributed by atoms with Crippen molar-refractivity contribution in [3.63, 3.8) is 0 Å². The number of hydrogen-bond acceptors (Lipinski definition) is 4. The first-order valence-electron chi connectivity index (χ1n) is 14.6. The van der Waals surface area contributed by atoms with Crippen molar-refractivity contribution in [2.75, 3.05) is 0 Å². The van der Waals surface area contributed by atoms with Crippen LogP contribution in [0.5, 0.6) is 0 Å². The van der Waals surface area contributed by atoms with Gasteiger partial charge in [-0.05, 0) is 52.3 Å². The van der Waals surface area contributed by atoms with Crippen LogP contribution in [0.4, 0.5) is 0 Å². The molecule has 3 aromatic heterocycles. The van der Waals surface area contributed by atoms with Crippen LogP contribution < -0.4 is 0 Å². The quantitative estimate of drug-likeness (QED) is 0.167. The van der Waals surface area contributed by atoms with Crippen molar-refractivity contribution >= 4 is 21.9 Å². The van der Waals surface area contributed by atoms with Gasteiger partial charge >= 0.3 is 0 Å². The van der Waals surface area contributed by atoms with Gasteiger partial charge in [0, 0.05) is 43.4 Å². The van der Waals surface area contributed by atoms with Crippen LogP contribution in [-0.4, -0.2) is 9.97 Å². The van der Waals surface area contributed by atoms with Gasteiger partial charge in [-0.2, -0.15) is 5.26 Å². The van der Waals surface area contributed by atoms with E-state index in [9.17, 15) is 5.26 Å². The smallest absolute Gasteiger partial charge is 0.130 e. The molecule has 0 saturated heterocycles. The van der Waals surface area contributed by atoms with E-state index >= 15 is 0 Å². The standard InChI is InChI=1S/C30H17N2O.C11H8N.Ir/c31-19-23-15-16-25-24-12-7-13-26(27-14-4-5-17-32-27)29(24)33-30(25)28(23)22-11-6-10-21(18-22)20-8-2-1-3-9-20;1-2-6-10(7-3-1)11-8-4-5-9-12-11;/h1-12,14-18H;1-6,8-9H;/q2*-1;. The van der Waals surface area contributed by atoms with E-state index in [4.69, 9.17) is 4.42 Å². The summed E-state index contributed by atoms with van der Waals surface area (Å²) < 4.78 is 6.49. The van der Waals surface area contributed by atoms with Gasteiger partial charge in [0.15, 0.2) is 0 Å². The summed E-state index contributed by atoms with van der Waals surface area (Å²) >= 11 is 0. The molecular formula is C41H25IrN3O-2. The second kappa shape index (κ2) is 14.0. The normalized spacial score (nSPS) is 10.4. The predicted octanol–water partition coefficient (Wildman–Crippen LogP) is 10.2. The first-order chi connectivity index (χ1) is 22.3. The minimum Gasteiger partial charge on any atom is -0.500 e. The summed E-state index contributed by atoms with van der Waals surface area (Å²) in [6, 6.07) is 54.5. The number of furan rings is 1. The molecule has 0 aliphatic rings. The molecule has 5 aromatic carbocycles. The summed E-state index contributed by atoms with van der Waals surface area (Å²) in [4.78, 5) is 8.70. The van der Waals surface area contributed by atoms with Crippen LogP contribution in [0.3, 0.4) is 0 Å². The fourth-order valence-electron chi connectivity index (χ4n) is 5.45. The maximum absolute atomic E-state index is 9.93. The monoisotopic (exact) mass is 768 g/mol. The first kappa shape index (κ1) is 30.4. The van der Waals surface area contributed by atoms with Crippen LogP contribution in [0.2, 0.25) is 0 Å². The molecule has 8 aromatic rings. The average Bonchev–Trinajstić information content (AvgIpc) is 3.52. The molecule has 0 fully saturated rings. The number of fused-ring (bicyclic) bond motifs is 3. The Kier molecular flexibility index (Phi) is 9.22. The van der Waals surface area contributed by atoms with E-state index in [1.54, 1.807) is 12.4 Å². The summed E-state index contributed by atoms with van der Waals surface area (Å²) in [5.74, 6) is 0. The second-order valence-electron chi connectivity index (χ2n) is 10.3. The van der Waals surface area contributed by atoms with Crippen LogP contribution in [-0.2, 0) is 20.1 Å². The summed E-state index contributed by atoms with van der Waals surface area (Å²) in [5, 5.41) is 11.9. The molecule has 1 radical (unpaired) electrons. The van der Waals surface area contributed by atoms with Crippen molar-refractivity contribution in [1.82, 2.24) is 9.97 Å². The fraction of sp³-hybridized carbons (Fsp3) is 0. The van der Waals surface area contributed by atoms with E-state index in [1.807, 2.05) is 115 Å². The van der Waals surface area contributed by atoms with Crippen LogP contribution in [0.25, 0.3) is 66.7 Å². The first-order valence-corrected chi connectivity index (χ1v) is 14.6. The second-order valence-corrected chi connectivity index (χ2v) is 10.3. The third-order valence-corrected chi connectivity index (χ3v) is 7.55. The van der Waals surface area contributed by atoms with Gasteiger partial charge in [0.05, 0.1) is 17.2 Å². The Hall–Kier alpha value is -5.66. The Morgan fingerprint density at radius 3 is 1.98 bits per heavy atom. The zero-order valence-corrected chi connectivity index (χ0v) is 26.9. The minimum atomic E-state index is 0. The maximum atomic E-state index is 9.93. The van der Waals surface area contributed by atoms with Gasteiger partial charge in [0.2, 0.25) is 0 Å². The van der Waals surface area contributed by atoms with E-state index in [1.165, 1.54) is 0 Å². The van der Waals surface area contributed by atoms with Crippen molar-refractivity contribution in [3.05, 3.63) is 170 Å².